The van der Waals surface area contributed by atoms with Crippen molar-refractivity contribution in [2.24, 2.45) is 4.99 Å². The molecule has 1 aliphatic rings. The minimum absolute atomic E-state index is 0.0826. The molecule has 4 rings (SSSR count). The van der Waals surface area contributed by atoms with Gasteiger partial charge in [0.1, 0.15) is 5.75 Å². The van der Waals surface area contributed by atoms with Crippen molar-refractivity contribution < 1.29 is 19.2 Å². The Bertz CT molecular complexity index is 1290. The quantitative estimate of drug-likeness (QED) is 0.446. The van der Waals surface area contributed by atoms with Gasteiger partial charge in [0.2, 0.25) is 6.17 Å². The molecular weight excluding hydrogens is 438 g/mol. The Morgan fingerprint density at radius 2 is 1.79 bits per heavy atom. The zero-order valence-corrected chi connectivity index (χ0v) is 18.4. The summed E-state index contributed by atoms with van der Waals surface area (Å²) in [4.78, 5) is 42.6. The topological polar surface area (TPSA) is 126 Å². The summed E-state index contributed by atoms with van der Waals surface area (Å²) in [5, 5.41) is 16.2. The lowest BCUT2D eigenvalue weighted by Crippen LogP contribution is -2.47. The molecule has 0 aliphatic carbocycles. The molecule has 0 spiro atoms. The molecule has 3 amide bonds. The van der Waals surface area contributed by atoms with Crippen molar-refractivity contribution in [3.63, 3.8) is 0 Å². The molecule has 1 heterocycles. The first-order valence-electron chi connectivity index (χ1n) is 10.3. The van der Waals surface area contributed by atoms with Gasteiger partial charge >= 0.3 is 6.03 Å². The highest BCUT2D eigenvalue weighted by atomic mass is 16.6. The first-order chi connectivity index (χ1) is 16.4. The Morgan fingerprint density at radius 3 is 2.50 bits per heavy atom. The predicted octanol–water partition coefficient (Wildman–Crippen LogP) is 3.57. The summed E-state index contributed by atoms with van der Waals surface area (Å²) in [5.41, 5.74) is 2.59. The van der Waals surface area contributed by atoms with Crippen molar-refractivity contribution >= 4 is 34.7 Å². The number of fused-ring (bicyclic) bond motifs is 1. The molecule has 0 aromatic heterocycles. The number of nitro benzene ring substituents is 1. The summed E-state index contributed by atoms with van der Waals surface area (Å²) in [6, 6.07) is 19.7. The summed E-state index contributed by atoms with van der Waals surface area (Å²) >= 11 is 0. The molecule has 1 atom stereocenters. The van der Waals surface area contributed by atoms with Crippen LogP contribution < -0.4 is 20.3 Å². The van der Waals surface area contributed by atoms with Crippen LogP contribution in [-0.4, -0.2) is 42.9 Å². The van der Waals surface area contributed by atoms with Crippen LogP contribution in [-0.2, 0) is 4.79 Å². The molecule has 2 N–H and O–H groups in total. The minimum atomic E-state index is -1.24. The van der Waals surface area contributed by atoms with Crippen LogP contribution in [0.15, 0.2) is 77.8 Å². The van der Waals surface area contributed by atoms with Crippen molar-refractivity contribution in [3.8, 4) is 5.75 Å². The molecule has 3 aromatic carbocycles. The van der Waals surface area contributed by atoms with E-state index in [1.54, 1.807) is 7.05 Å². The van der Waals surface area contributed by atoms with Gasteiger partial charge in [0.05, 0.1) is 29.1 Å². The first kappa shape index (κ1) is 22.5. The van der Waals surface area contributed by atoms with Gasteiger partial charge in [-0.05, 0) is 12.1 Å². The lowest BCUT2D eigenvalue weighted by atomic mass is 10.0. The molecular formula is C24H21N5O5. The number of nitro groups is 1. The Labute approximate surface area is 195 Å². The zero-order chi connectivity index (χ0) is 24.2. The van der Waals surface area contributed by atoms with Gasteiger partial charge in [0, 0.05) is 30.3 Å². The number of nitrogens with zero attached hydrogens (tertiary/aromatic N) is 3. The molecule has 0 saturated carbocycles. The molecule has 172 valence electrons. The molecule has 0 fully saturated rings. The lowest BCUT2D eigenvalue weighted by Gasteiger charge is -2.21. The third-order valence-electron chi connectivity index (χ3n) is 5.30. The molecule has 3 aromatic rings. The fourth-order valence-electron chi connectivity index (χ4n) is 3.63. The number of methoxy groups -OCH3 is 1. The van der Waals surface area contributed by atoms with E-state index in [0.717, 1.165) is 11.1 Å². The summed E-state index contributed by atoms with van der Waals surface area (Å²) < 4.78 is 5.18. The fourth-order valence-corrected chi connectivity index (χ4v) is 3.63. The van der Waals surface area contributed by atoms with E-state index in [0.29, 0.717) is 11.4 Å². The average molecular weight is 459 g/mol. The van der Waals surface area contributed by atoms with Gasteiger partial charge in [-0.25, -0.2) is 9.79 Å². The van der Waals surface area contributed by atoms with E-state index >= 15 is 0 Å². The standard InChI is InChI=1S/C24H21N5O5/c1-28-19-11-7-6-10-17(19)21(15-8-4-3-5-9-15)26-22(23(28)30)27-24(31)25-18-14-16(29(32)33)12-13-20(18)34-2/h3-14,22H,1-2H3,(H2,25,27,31)/t22-/m1/s1. The van der Waals surface area contributed by atoms with Gasteiger partial charge in [-0.3, -0.25) is 14.9 Å². The number of nitrogens with one attached hydrogen (secondary N) is 2. The van der Waals surface area contributed by atoms with Gasteiger partial charge < -0.3 is 20.3 Å². The Morgan fingerprint density at radius 1 is 1.09 bits per heavy atom. The highest BCUT2D eigenvalue weighted by Gasteiger charge is 2.31. The SMILES string of the molecule is COc1ccc([N+](=O)[O-])cc1NC(=O)N[C@H]1N=C(c2ccccc2)c2ccccc2N(C)C1=O. The van der Waals surface area contributed by atoms with Gasteiger partial charge in [0.15, 0.2) is 0 Å². The summed E-state index contributed by atoms with van der Waals surface area (Å²) in [7, 11) is 2.99. The van der Waals surface area contributed by atoms with Crippen LogP contribution in [0.3, 0.4) is 0 Å². The fraction of sp³-hybridized carbons (Fsp3) is 0.125. The number of amides is 3. The van der Waals surface area contributed by atoms with Crippen LogP contribution in [0.4, 0.5) is 21.9 Å². The van der Waals surface area contributed by atoms with Gasteiger partial charge in [-0.1, -0.05) is 48.5 Å². The molecule has 0 unspecified atom stereocenters. The van der Waals surface area contributed by atoms with Crippen LogP contribution in [0, 0.1) is 10.1 Å². The van der Waals surface area contributed by atoms with Crippen molar-refractivity contribution in [1.29, 1.82) is 0 Å². The maximum atomic E-state index is 13.2. The minimum Gasteiger partial charge on any atom is -0.495 e. The summed E-state index contributed by atoms with van der Waals surface area (Å²) in [6.07, 6.45) is -1.24. The second-order valence-corrected chi connectivity index (χ2v) is 7.40. The molecule has 34 heavy (non-hydrogen) atoms. The van der Waals surface area contributed by atoms with E-state index in [-0.39, 0.29) is 17.1 Å². The maximum absolute atomic E-state index is 13.2. The Balaban J connectivity index is 1.68. The number of urea groups is 1. The van der Waals surface area contributed by atoms with E-state index in [1.807, 2.05) is 54.6 Å². The van der Waals surface area contributed by atoms with Crippen LogP contribution >= 0.6 is 0 Å². The number of para-hydroxylation sites is 1. The van der Waals surface area contributed by atoms with E-state index in [1.165, 1.54) is 30.2 Å². The first-order valence-corrected chi connectivity index (χ1v) is 10.3. The average Bonchev–Trinajstić information content (AvgIpc) is 2.95. The van der Waals surface area contributed by atoms with Gasteiger partial charge in [-0.2, -0.15) is 0 Å². The second-order valence-electron chi connectivity index (χ2n) is 7.40. The van der Waals surface area contributed by atoms with Crippen LogP contribution in [0.2, 0.25) is 0 Å². The number of hydrogen-bond donors (Lipinski definition) is 2. The third-order valence-corrected chi connectivity index (χ3v) is 5.30. The zero-order valence-electron chi connectivity index (χ0n) is 18.4. The number of carbonyl (C=O) groups excluding carboxylic acids is 2. The largest absolute Gasteiger partial charge is 0.495 e. The lowest BCUT2D eigenvalue weighted by molar-refractivity contribution is -0.384. The van der Waals surface area contributed by atoms with Gasteiger partial charge in [-0.15, -0.1) is 0 Å². The molecule has 10 heteroatoms. The van der Waals surface area contributed by atoms with E-state index in [4.69, 9.17) is 4.74 Å². The predicted molar refractivity (Wildman–Crippen MR) is 128 cm³/mol. The molecule has 1 aliphatic heterocycles. The van der Waals surface area contributed by atoms with Crippen LogP contribution in [0.25, 0.3) is 0 Å². The monoisotopic (exact) mass is 459 g/mol. The number of benzodiazepines with no additional fused rings is 1. The van der Waals surface area contributed by atoms with Crippen molar-refractivity contribution in [1.82, 2.24) is 5.32 Å². The molecule has 0 radical (unpaired) electrons. The molecule has 0 saturated heterocycles. The highest BCUT2D eigenvalue weighted by molar-refractivity contribution is 6.20. The number of carbonyl (C=O) groups is 2. The van der Waals surface area contributed by atoms with Crippen LogP contribution in [0.1, 0.15) is 11.1 Å². The number of non-ortho nitro benzene ring substituents is 1. The number of anilines is 2. The Kier molecular flexibility index (Phi) is 6.22. The van der Waals surface area contributed by atoms with E-state index < -0.39 is 23.0 Å². The Hall–Kier alpha value is -4.73. The highest BCUT2D eigenvalue weighted by Crippen LogP contribution is 2.29. The van der Waals surface area contributed by atoms with E-state index in [2.05, 4.69) is 15.6 Å². The number of ether oxygens (including phenoxy) is 1. The molecule has 0 bridgehead atoms. The second kappa shape index (κ2) is 9.41. The number of rotatable bonds is 5. The number of likely N-dealkylation sites (N-methyl/N-ethyl adjacent to an activating group) is 1. The maximum Gasteiger partial charge on any atom is 0.321 e. The third kappa shape index (κ3) is 4.42. The van der Waals surface area contributed by atoms with E-state index in [9.17, 15) is 19.7 Å². The summed E-state index contributed by atoms with van der Waals surface area (Å²) in [6.45, 7) is 0. The number of hydrogen-bond acceptors (Lipinski definition) is 6. The number of benzene rings is 3. The normalized spacial score (nSPS) is 15.0. The van der Waals surface area contributed by atoms with Crippen molar-refractivity contribution in [2.45, 2.75) is 6.17 Å². The van der Waals surface area contributed by atoms with Crippen molar-refractivity contribution in [3.05, 3.63) is 94.0 Å². The van der Waals surface area contributed by atoms with Crippen LogP contribution in [0.5, 0.6) is 5.75 Å². The summed E-state index contributed by atoms with van der Waals surface area (Å²) in [5.74, 6) is -0.217. The van der Waals surface area contributed by atoms with Gasteiger partial charge in [0.25, 0.3) is 11.6 Å². The smallest absolute Gasteiger partial charge is 0.321 e. The van der Waals surface area contributed by atoms with Crippen molar-refractivity contribution in [2.75, 3.05) is 24.4 Å². The number of aliphatic imine (C=N–C) groups is 1. The molecule has 10 nitrogen and oxygen atoms in total.